The number of hydrogen-bond donors (Lipinski definition) is 1. The second-order valence-electron chi connectivity index (χ2n) is 6.93. The maximum absolute atomic E-state index is 13.0. The summed E-state index contributed by atoms with van der Waals surface area (Å²) in [6, 6.07) is 8.30. The molecule has 1 aliphatic rings. The van der Waals surface area contributed by atoms with Crippen LogP contribution in [0.15, 0.2) is 36.8 Å². The molecule has 1 amide bonds. The molecule has 136 valence electrons. The van der Waals surface area contributed by atoms with Crippen LogP contribution in [0, 0.1) is 0 Å². The van der Waals surface area contributed by atoms with E-state index in [-0.39, 0.29) is 11.9 Å². The first-order valence-corrected chi connectivity index (χ1v) is 9.50. The SMILES string of the molecule is CCn1cnnc1C1CCCCN1C(=O)CCc1c[nH]c2ccccc12. The molecule has 1 unspecified atom stereocenters. The van der Waals surface area contributed by atoms with E-state index in [2.05, 4.69) is 38.8 Å². The van der Waals surface area contributed by atoms with Gasteiger partial charge in [0.2, 0.25) is 5.91 Å². The number of hydrogen-bond acceptors (Lipinski definition) is 3. The molecule has 3 aromatic rings. The first-order valence-electron chi connectivity index (χ1n) is 9.50. The van der Waals surface area contributed by atoms with Crippen molar-refractivity contribution in [3.05, 3.63) is 48.2 Å². The van der Waals surface area contributed by atoms with Gasteiger partial charge in [-0.05, 0) is 44.2 Å². The Hall–Kier alpha value is -2.63. The number of carbonyl (C=O) groups excluding carboxylic acids is 1. The number of aromatic nitrogens is 4. The Bertz CT molecular complexity index is 896. The minimum absolute atomic E-state index is 0.0571. The number of benzene rings is 1. The maximum atomic E-state index is 13.0. The number of piperidine rings is 1. The highest BCUT2D eigenvalue weighted by Crippen LogP contribution is 2.30. The molecule has 2 aromatic heterocycles. The van der Waals surface area contributed by atoms with E-state index >= 15 is 0 Å². The summed E-state index contributed by atoms with van der Waals surface area (Å²) in [6.07, 6.45) is 8.24. The molecule has 6 nitrogen and oxygen atoms in total. The van der Waals surface area contributed by atoms with Gasteiger partial charge in [-0.1, -0.05) is 18.2 Å². The molecular weight excluding hydrogens is 326 g/mol. The van der Waals surface area contributed by atoms with Crippen molar-refractivity contribution in [2.45, 2.75) is 51.6 Å². The van der Waals surface area contributed by atoms with Gasteiger partial charge in [0.25, 0.3) is 0 Å². The molecule has 26 heavy (non-hydrogen) atoms. The predicted molar refractivity (Wildman–Crippen MR) is 101 cm³/mol. The molecule has 4 rings (SSSR count). The van der Waals surface area contributed by atoms with Gasteiger partial charge in [-0.25, -0.2) is 0 Å². The van der Waals surface area contributed by atoms with Crippen LogP contribution in [-0.2, 0) is 17.8 Å². The molecule has 0 bridgehead atoms. The quantitative estimate of drug-likeness (QED) is 0.765. The first kappa shape index (κ1) is 16.8. The van der Waals surface area contributed by atoms with Crippen LogP contribution in [0.1, 0.15) is 50.0 Å². The van der Waals surface area contributed by atoms with Crippen LogP contribution < -0.4 is 0 Å². The minimum Gasteiger partial charge on any atom is -0.361 e. The van der Waals surface area contributed by atoms with E-state index in [1.165, 1.54) is 10.9 Å². The Morgan fingerprint density at radius 2 is 2.19 bits per heavy atom. The van der Waals surface area contributed by atoms with Gasteiger partial charge in [-0.15, -0.1) is 10.2 Å². The van der Waals surface area contributed by atoms with Gasteiger partial charge in [0.1, 0.15) is 6.33 Å². The number of H-pyrrole nitrogens is 1. The number of aromatic amines is 1. The van der Waals surface area contributed by atoms with Crippen molar-refractivity contribution in [2.24, 2.45) is 0 Å². The van der Waals surface area contributed by atoms with Crippen molar-refractivity contribution in [1.82, 2.24) is 24.6 Å². The Morgan fingerprint density at radius 3 is 3.08 bits per heavy atom. The zero-order chi connectivity index (χ0) is 17.9. The number of amides is 1. The van der Waals surface area contributed by atoms with Crippen LogP contribution in [-0.4, -0.2) is 37.1 Å². The third-order valence-electron chi connectivity index (χ3n) is 5.39. The molecule has 1 N–H and O–H groups in total. The maximum Gasteiger partial charge on any atom is 0.223 e. The Morgan fingerprint density at radius 1 is 1.31 bits per heavy atom. The van der Waals surface area contributed by atoms with E-state index in [0.29, 0.717) is 6.42 Å². The summed E-state index contributed by atoms with van der Waals surface area (Å²) < 4.78 is 2.05. The van der Waals surface area contributed by atoms with Crippen molar-refractivity contribution in [3.63, 3.8) is 0 Å². The van der Waals surface area contributed by atoms with Gasteiger partial charge in [0, 0.05) is 36.6 Å². The van der Waals surface area contributed by atoms with Crippen molar-refractivity contribution >= 4 is 16.8 Å². The third kappa shape index (κ3) is 3.11. The largest absolute Gasteiger partial charge is 0.361 e. The van der Waals surface area contributed by atoms with Crippen LogP contribution >= 0.6 is 0 Å². The molecule has 1 aromatic carbocycles. The van der Waals surface area contributed by atoms with Gasteiger partial charge >= 0.3 is 0 Å². The lowest BCUT2D eigenvalue weighted by molar-refractivity contribution is -0.135. The Balaban J connectivity index is 1.49. The summed E-state index contributed by atoms with van der Waals surface area (Å²) in [6.45, 7) is 3.73. The summed E-state index contributed by atoms with van der Waals surface area (Å²) in [5.41, 5.74) is 2.33. The van der Waals surface area contributed by atoms with E-state index in [4.69, 9.17) is 0 Å². The van der Waals surface area contributed by atoms with Crippen molar-refractivity contribution in [2.75, 3.05) is 6.54 Å². The van der Waals surface area contributed by atoms with Crippen LogP contribution in [0.3, 0.4) is 0 Å². The van der Waals surface area contributed by atoms with Crippen molar-refractivity contribution in [3.8, 4) is 0 Å². The number of nitrogens with zero attached hydrogens (tertiary/aromatic N) is 4. The lowest BCUT2D eigenvalue weighted by atomic mass is 10.00. The summed E-state index contributed by atoms with van der Waals surface area (Å²) in [4.78, 5) is 18.3. The molecule has 0 saturated carbocycles. The topological polar surface area (TPSA) is 66.8 Å². The zero-order valence-electron chi connectivity index (χ0n) is 15.2. The molecule has 6 heteroatoms. The van der Waals surface area contributed by atoms with Crippen molar-refractivity contribution < 1.29 is 4.79 Å². The van der Waals surface area contributed by atoms with Crippen LogP contribution in [0.5, 0.6) is 0 Å². The monoisotopic (exact) mass is 351 g/mol. The number of para-hydroxylation sites is 1. The van der Waals surface area contributed by atoms with Crippen LogP contribution in [0.4, 0.5) is 0 Å². The molecule has 3 heterocycles. The highest BCUT2D eigenvalue weighted by molar-refractivity contribution is 5.84. The summed E-state index contributed by atoms with van der Waals surface area (Å²) in [5.74, 6) is 1.14. The number of aryl methyl sites for hydroxylation is 2. The smallest absolute Gasteiger partial charge is 0.223 e. The summed E-state index contributed by atoms with van der Waals surface area (Å²) >= 11 is 0. The standard InChI is InChI=1S/C20H25N5O/c1-2-24-14-22-23-20(24)18-9-5-6-12-25(18)19(26)11-10-15-13-21-17-8-4-3-7-16(15)17/h3-4,7-8,13-14,18,21H,2,5-6,9-12H2,1H3. The van der Waals surface area contributed by atoms with Crippen LogP contribution in [0.25, 0.3) is 10.9 Å². The van der Waals surface area contributed by atoms with E-state index in [0.717, 1.165) is 50.1 Å². The number of likely N-dealkylation sites (tertiary alicyclic amines) is 1. The third-order valence-corrected chi connectivity index (χ3v) is 5.39. The fourth-order valence-electron chi connectivity index (χ4n) is 3.99. The second kappa shape index (κ2) is 7.32. The Kier molecular flexibility index (Phi) is 4.73. The minimum atomic E-state index is 0.0571. The first-order chi connectivity index (χ1) is 12.8. The average Bonchev–Trinajstić information content (AvgIpc) is 3.33. The van der Waals surface area contributed by atoms with E-state index in [1.54, 1.807) is 6.33 Å². The molecule has 1 atom stereocenters. The average molecular weight is 351 g/mol. The second-order valence-corrected chi connectivity index (χ2v) is 6.93. The molecular formula is C20H25N5O. The number of carbonyl (C=O) groups is 1. The normalized spacial score (nSPS) is 17.7. The molecule has 0 aliphatic carbocycles. The molecule has 0 spiro atoms. The molecule has 1 aliphatic heterocycles. The number of nitrogens with one attached hydrogen (secondary N) is 1. The number of rotatable bonds is 5. The lowest BCUT2D eigenvalue weighted by Crippen LogP contribution is -2.39. The van der Waals surface area contributed by atoms with Gasteiger partial charge in [0.05, 0.1) is 6.04 Å². The van der Waals surface area contributed by atoms with Crippen LogP contribution in [0.2, 0.25) is 0 Å². The van der Waals surface area contributed by atoms with E-state index in [1.807, 2.05) is 23.2 Å². The van der Waals surface area contributed by atoms with E-state index in [9.17, 15) is 4.79 Å². The number of fused-ring (bicyclic) bond motifs is 1. The van der Waals surface area contributed by atoms with E-state index < -0.39 is 0 Å². The highest BCUT2D eigenvalue weighted by atomic mass is 16.2. The zero-order valence-corrected chi connectivity index (χ0v) is 15.2. The molecule has 1 fully saturated rings. The van der Waals surface area contributed by atoms with Crippen molar-refractivity contribution in [1.29, 1.82) is 0 Å². The lowest BCUT2D eigenvalue weighted by Gasteiger charge is -2.35. The highest BCUT2D eigenvalue weighted by Gasteiger charge is 2.30. The van der Waals surface area contributed by atoms with Gasteiger partial charge in [-0.2, -0.15) is 0 Å². The predicted octanol–water partition coefficient (Wildman–Crippen LogP) is 3.47. The Labute approximate surface area is 153 Å². The van der Waals surface area contributed by atoms with Gasteiger partial charge < -0.3 is 14.5 Å². The summed E-state index contributed by atoms with van der Waals surface area (Å²) in [7, 11) is 0. The van der Waals surface area contributed by atoms with Gasteiger partial charge in [0.15, 0.2) is 5.82 Å². The fourth-order valence-corrected chi connectivity index (χ4v) is 3.99. The molecule has 1 saturated heterocycles. The fraction of sp³-hybridized carbons (Fsp3) is 0.450. The van der Waals surface area contributed by atoms with Gasteiger partial charge in [-0.3, -0.25) is 4.79 Å². The summed E-state index contributed by atoms with van der Waals surface area (Å²) in [5, 5.41) is 9.57. The molecule has 0 radical (unpaired) electrons.